The number of benzene rings is 1. The molecule has 0 aliphatic carbocycles. The van der Waals surface area contributed by atoms with Gasteiger partial charge < -0.3 is 10.6 Å². The molecular formula is C14H16ClN3. The summed E-state index contributed by atoms with van der Waals surface area (Å²) in [7, 11) is 0. The minimum absolute atomic E-state index is 0.543. The topological polar surface area (TPSA) is 37.0 Å². The van der Waals surface area contributed by atoms with Gasteiger partial charge in [0, 0.05) is 17.1 Å². The molecule has 0 amide bonds. The molecule has 0 saturated carbocycles. The van der Waals surface area contributed by atoms with Gasteiger partial charge in [-0.25, -0.2) is 4.98 Å². The van der Waals surface area contributed by atoms with Crippen molar-refractivity contribution in [3.05, 3.63) is 35.5 Å². The van der Waals surface area contributed by atoms with Crippen molar-refractivity contribution in [1.82, 2.24) is 10.3 Å². The lowest BCUT2D eigenvalue weighted by Crippen LogP contribution is -2.35. The van der Waals surface area contributed by atoms with E-state index >= 15 is 0 Å². The number of hydrogen-bond donors (Lipinski definition) is 2. The maximum Gasteiger partial charge on any atom is 0.129 e. The summed E-state index contributed by atoms with van der Waals surface area (Å²) >= 11 is 5.88. The normalized spacial score (nSPS) is 16.9. The number of anilines is 1. The van der Waals surface area contributed by atoms with Crippen LogP contribution in [0.5, 0.6) is 0 Å². The van der Waals surface area contributed by atoms with Gasteiger partial charge in [-0.1, -0.05) is 11.6 Å². The van der Waals surface area contributed by atoms with E-state index in [0.29, 0.717) is 11.2 Å². The monoisotopic (exact) mass is 261 g/mol. The molecule has 1 fully saturated rings. The summed E-state index contributed by atoms with van der Waals surface area (Å²) in [5.74, 6) is 0. The summed E-state index contributed by atoms with van der Waals surface area (Å²) in [5, 5.41) is 8.63. The van der Waals surface area contributed by atoms with Crippen molar-refractivity contribution in [3.63, 3.8) is 0 Å². The minimum Gasteiger partial charge on any atom is -0.382 e. The highest BCUT2D eigenvalue weighted by molar-refractivity contribution is 6.29. The van der Waals surface area contributed by atoms with Gasteiger partial charge in [-0.05, 0) is 56.3 Å². The van der Waals surface area contributed by atoms with Crippen molar-refractivity contribution in [2.75, 3.05) is 18.4 Å². The number of hydrogen-bond acceptors (Lipinski definition) is 3. The zero-order chi connectivity index (χ0) is 12.4. The molecule has 94 valence electrons. The third kappa shape index (κ3) is 2.57. The summed E-state index contributed by atoms with van der Waals surface area (Å²) in [6, 6.07) is 10.7. The van der Waals surface area contributed by atoms with Crippen LogP contribution in [0.2, 0.25) is 5.15 Å². The van der Waals surface area contributed by atoms with E-state index < -0.39 is 0 Å². The molecule has 1 aromatic heterocycles. The maximum atomic E-state index is 5.88. The van der Waals surface area contributed by atoms with E-state index in [9.17, 15) is 0 Å². The summed E-state index contributed by atoms with van der Waals surface area (Å²) in [5.41, 5.74) is 2.11. The van der Waals surface area contributed by atoms with E-state index in [1.54, 1.807) is 0 Å². The second kappa shape index (κ2) is 5.12. The first-order valence-electron chi connectivity index (χ1n) is 6.35. The SMILES string of the molecule is Clc1ccc2cc(NC3CCNCC3)ccc2n1. The third-order valence-corrected chi connectivity index (χ3v) is 3.58. The van der Waals surface area contributed by atoms with Gasteiger partial charge in [-0.2, -0.15) is 0 Å². The summed E-state index contributed by atoms with van der Waals surface area (Å²) in [6.45, 7) is 2.20. The fourth-order valence-electron chi connectivity index (χ4n) is 2.39. The zero-order valence-corrected chi connectivity index (χ0v) is 10.9. The van der Waals surface area contributed by atoms with Crippen molar-refractivity contribution in [2.24, 2.45) is 0 Å². The van der Waals surface area contributed by atoms with Crippen molar-refractivity contribution in [3.8, 4) is 0 Å². The van der Waals surface area contributed by atoms with Crippen molar-refractivity contribution >= 4 is 28.2 Å². The molecule has 18 heavy (non-hydrogen) atoms. The largest absolute Gasteiger partial charge is 0.382 e. The zero-order valence-electron chi connectivity index (χ0n) is 10.1. The van der Waals surface area contributed by atoms with Crippen LogP contribution in [0.1, 0.15) is 12.8 Å². The van der Waals surface area contributed by atoms with Gasteiger partial charge in [0.25, 0.3) is 0 Å². The van der Waals surface area contributed by atoms with Gasteiger partial charge in [-0.15, -0.1) is 0 Å². The van der Waals surface area contributed by atoms with E-state index in [2.05, 4.69) is 27.8 Å². The Hall–Kier alpha value is -1.32. The van der Waals surface area contributed by atoms with Crippen LogP contribution in [-0.4, -0.2) is 24.1 Å². The Bertz CT molecular complexity index is 550. The molecule has 0 spiro atoms. The fraction of sp³-hybridized carbons (Fsp3) is 0.357. The molecule has 2 heterocycles. The molecule has 0 atom stereocenters. The summed E-state index contributed by atoms with van der Waals surface area (Å²) in [6.07, 6.45) is 2.35. The Balaban J connectivity index is 1.82. The highest BCUT2D eigenvalue weighted by atomic mass is 35.5. The number of fused-ring (bicyclic) bond motifs is 1. The molecule has 1 aromatic carbocycles. The molecule has 3 nitrogen and oxygen atoms in total. The number of rotatable bonds is 2. The first-order chi connectivity index (χ1) is 8.81. The van der Waals surface area contributed by atoms with Gasteiger partial charge >= 0.3 is 0 Å². The number of nitrogens with zero attached hydrogens (tertiary/aromatic N) is 1. The van der Waals surface area contributed by atoms with Gasteiger partial charge in [-0.3, -0.25) is 0 Å². The molecule has 0 radical (unpaired) electrons. The van der Waals surface area contributed by atoms with Crippen LogP contribution in [0.4, 0.5) is 5.69 Å². The first kappa shape index (κ1) is 11.8. The number of aromatic nitrogens is 1. The number of piperidine rings is 1. The highest BCUT2D eigenvalue weighted by Crippen LogP contribution is 2.21. The van der Waals surface area contributed by atoms with Gasteiger partial charge in [0.15, 0.2) is 0 Å². The molecule has 0 unspecified atom stereocenters. The molecule has 0 bridgehead atoms. The van der Waals surface area contributed by atoms with Crippen molar-refractivity contribution < 1.29 is 0 Å². The number of pyridine rings is 1. The van der Waals surface area contributed by atoms with Crippen LogP contribution >= 0.6 is 11.6 Å². The second-order valence-corrected chi connectivity index (χ2v) is 5.10. The van der Waals surface area contributed by atoms with Gasteiger partial charge in [0.05, 0.1) is 5.52 Å². The van der Waals surface area contributed by atoms with E-state index in [4.69, 9.17) is 11.6 Å². The van der Waals surface area contributed by atoms with Gasteiger partial charge in [0.1, 0.15) is 5.15 Å². The molecule has 2 aromatic rings. The van der Waals surface area contributed by atoms with Crippen LogP contribution in [0.25, 0.3) is 10.9 Å². The van der Waals surface area contributed by atoms with Crippen LogP contribution in [0.3, 0.4) is 0 Å². The molecule has 1 aliphatic rings. The van der Waals surface area contributed by atoms with Gasteiger partial charge in [0.2, 0.25) is 0 Å². The number of nitrogens with one attached hydrogen (secondary N) is 2. The Labute approximate surface area is 112 Å². The van der Waals surface area contributed by atoms with E-state index in [1.165, 1.54) is 18.5 Å². The standard InChI is InChI=1S/C14H16ClN3/c15-14-4-1-10-9-12(2-3-13(10)18-14)17-11-5-7-16-8-6-11/h1-4,9,11,16-17H,5-8H2. The maximum absolute atomic E-state index is 5.88. The average molecular weight is 262 g/mol. The lowest BCUT2D eigenvalue weighted by atomic mass is 10.1. The molecular weight excluding hydrogens is 246 g/mol. The van der Waals surface area contributed by atoms with Crippen LogP contribution in [0.15, 0.2) is 30.3 Å². The third-order valence-electron chi connectivity index (χ3n) is 3.37. The lowest BCUT2D eigenvalue weighted by Gasteiger charge is -2.24. The van der Waals surface area contributed by atoms with E-state index in [1.807, 2.05) is 18.2 Å². The number of halogens is 1. The molecule has 1 aliphatic heterocycles. The smallest absolute Gasteiger partial charge is 0.129 e. The fourth-order valence-corrected chi connectivity index (χ4v) is 2.55. The van der Waals surface area contributed by atoms with Crippen molar-refractivity contribution in [1.29, 1.82) is 0 Å². The Kier molecular flexibility index (Phi) is 3.35. The Morgan fingerprint density at radius 3 is 2.83 bits per heavy atom. The van der Waals surface area contributed by atoms with Crippen LogP contribution in [0, 0.1) is 0 Å². The van der Waals surface area contributed by atoms with Crippen molar-refractivity contribution in [2.45, 2.75) is 18.9 Å². The van der Waals surface area contributed by atoms with Crippen LogP contribution in [-0.2, 0) is 0 Å². The summed E-state index contributed by atoms with van der Waals surface area (Å²) < 4.78 is 0. The molecule has 3 rings (SSSR count). The average Bonchev–Trinajstić information content (AvgIpc) is 2.40. The summed E-state index contributed by atoms with van der Waals surface area (Å²) in [4.78, 5) is 4.29. The van der Waals surface area contributed by atoms with E-state index in [0.717, 1.165) is 24.0 Å². The highest BCUT2D eigenvalue weighted by Gasteiger charge is 2.12. The van der Waals surface area contributed by atoms with Crippen LogP contribution < -0.4 is 10.6 Å². The lowest BCUT2D eigenvalue weighted by molar-refractivity contribution is 0.479. The second-order valence-electron chi connectivity index (χ2n) is 4.71. The Morgan fingerprint density at radius 1 is 1.17 bits per heavy atom. The predicted molar refractivity (Wildman–Crippen MR) is 76.3 cm³/mol. The minimum atomic E-state index is 0.543. The molecule has 1 saturated heterocycles. The van der Waals surface area contributed by atoms with E-state index in [-0.39, 0.29) is 0 Å². The first-order valence-corrected chi connectivity index (χ1v) is 6.73. The molecule has 4 heteroatoms. The quantitative estimate of drug-likeness (QED) is 0.816. The Morgan fingerprint density at radius 2 is 2.00 bits per heavy atom. The molecule has 2 N–H and O–H groups in total. The predicted octanol–water partition coefficient (Wildman–Crippen LogP) is 3.05.